The van der Waals surface area contributed by atoms with Crippen LogP contribution in [0.4, 0.5) is 0 Å². The van der Waals surface area contributed by atoms with Crippen molar-refractivity contribution in [2.45, 2.75) is 0 Å². The molecule has 0 fully saturated rings. The van der Waals surface area contributed by atoms with Gasteiger partial charge in [0.15, 0.2) is 0 Å². The maximum atomic E-state index is 5.60. The van der Waals surface area contributed by atoms with Crippen LogP contribution in [0.5, 0.6) is 0 Å². The van der Waals surface area contributed by atoms with E-state index in [1.165, 1.54) is 0 Å². The van der Waals surface area contributed by atoms with Crippen molar-refractivity contribution in [3.05, 3.63) is 25.3 Å². The molecule has 0 aliphatic rings. The van der Waals surface area contributed by atoms with Gasteiger partial charge in [-0.1, -0.05) is 12.2 Å². The summed E-state index contributed by atoms with van der Waals surface area (Å²) >= 11 is 11.2. The van der Waals surface area contributed by atoms with Gasteiger partial charge in [0.2, 0.25) is 0 Å². The zero-order valence-corrected chi connectivity index (χ0v) is 7.28. The summed E-state index contributed by atoms with van der Waals surface area (Å²) in [6, 6.07) is 0. The van der Waals surface area contributed by atoms with Gasteiger partial charge in [0.25, 0.3) is 0 Å². The molecule has 0 aromatic heterocycles. The summed E-state index contributed by atoms with van der Waals surface area (Å²) in [5.41, 5.74) is -0.476. The van der Waals surface area contributed by atoms with Crippen LogP contribution in [0.25, 0.3) is 0 Å². The minimum Gasteiger partial charge on any atom is -0.308 e. The first-order valence-corrected chi connectivity index (χ1v) is 3.83. The molecule has 0 aliphatic carbocycles. The summed E-state index contributed by atoms with van der Waals surface area (Å²) in [7, 11) is 0. The van der Waals surface area contributed by atoms with Crippen molar-refractivity contribution in [3.8, 4) is 0 Å². The van der Waals surface area contributed by atoms with Gasteiger partial charge in [0.1, 0.15) is 0 Å². The largest absolute Gasteiger partial charge is 0.435 e. The number of rotatable bonds is 5. The summed E-state index contributed by atoms with van der Waals surface area (Å²) in [6.45, 7) is 8.51. The number of nitrogens with zero attached hydrogens (tertiary/aromatic N) is 1. The van der Waals surface area contributed by atoms with Gasteiger partial charge in [-0.05, 0) is 0 Å². The van der Waals surface area contributed by atoms with Crippen LogP contribution in [0.15, 0.2) is 25.3 Å². The van der Waals surface area contributed by atoms with Crippen LogP contribution in [-0.2, 0) is 0 Å². The quantitative estimate of drug-likeness (QED) is 0.460. The highest BCUT2D eigenvalue weighted by atomic mass is 35.5. The Labute approximate surface area is 72.2 Å². The van der Waals surface area contributed by atoms with Gasteiger partial charge in [-0.15, -0.1) is 36.1 Å². The molecular weight excluding hydrogens is 168 g/mol. The van der Waals surface area contributed by atoms with Crippen LogP contribution < -0.4 is 0 Å². The zero-order chi connectivity index (χ0) is 7.98. The van der Waals surface area contributed by atoms with Gasteiger partial charge in [-0.25, -0.2) is 0 Å². The first-order chi connectivity index (χ1) is 4.72. The Bertz CT molecular complexity index is 106. The molecule has 0 spiro atoms. The number of halogens is 2. The van der Waals surface area contributed by atoms with Gasteiger partial charge in [0.05, 0.1) is 0 Å². The Balaban J connectivity index is 3.70. The Kier molecular flexibility index (Phi) is 5.89. The monoisotopic (exact) mass is 177 g/mol. The van der Waals surface area contributed by atoms with E-state index in [0.717, 1.165) is 0 Å². The highest BCUT2D eigenvalue weighted by Crippen LogP contribution is 2.03. The second-order valence-electron chi connectivity index (χ2n) is 1.81. The van der Waals surface area contributed by atoms with E-state index in [-0.39, 0.29) is 0 Å². The van der Waals surface area contributed by atoms with E-state index in [0.29, 0.717) is 13.1 Å². The molecule has 1 nitrogen and oxygen atoms in total. The third-order valence-electron chi connectivity index (χ3n) is 1.00. The highest BCUT2D eigenvalue weighted by molar-refractivity contribution is 7.32. The molecule has 0 saturated carbocycles. The molecule has 0 bridgehead atoms. The summed E-state index contributed by atoms with van der Waals surface area (Å²) in [5, 5.41) is 0. The molecule has 0 N–H and O–H groups in total. The van der Waals surface area contributed by atoms with Crippen molar-refractivity contribution in [2.75, 3.05) is 13.1 Å². The molecule has 0 aliphatic heterocycles. The normalized spacial score (nSPS) is 9.50. The van der Waals surface area contributed by atoms with Gasteiger partial charge >= 0.3 is 5.68 Å². The standard InChI is InChI=1S/C6H10BCl2N/c1-3-5-10(6-4-2)7(8)9/h3-4H,1-2,5-6H2. The zero-order valence-electron chi connectivity index (χ0n) is 5.76. The first kappa shape index (κ1) is 10.1. The third-order valence-corrected chi connectivity index (χ3v) is 1.56. The molecule has 0 aromatic carbocycles. The summed E-state index contributed by atoms with van der Waals surface area (Å²) in [6.07, 6.45) is 3.50. The second-order valence-corrected chi connectivity index (χ2v) is 2.86. The van der Waals surface area contributed by atoms with Crippen molar-refractivity contribution in [3.63, 3.8) is 0 Å². The third kappa shape index (κ3) is 3.99. The molecule has 56 valence electrons. The lowest BCUT2D eigenvalue weighted by Gasteiger charge is -2.16. The first-order valence-electron chi connectivity index (χ1n) is 2.96. The minimum atomic E-state index is -0.476. The Morgan fingerprint density at radius 2 is 1.60 bits per heavy atom. The summed E-state index contributed by atoms with van der Waals surface area (Å²) < 4.78 is 0. The average molecular weight is 178 g/mol. The Morgan fingerprint density at radius 1 is 1.20 bits per heavy atom. The lowest BCUT2D eigenvalue weighted by molar-refractivity contribution is 0.550. The molecule has 0 atom stereocenters. The fraction of sp³-hybridized carbons (Fsp3) is 0.333. The van der Waals surface area contributed by atoms with E-state index in [1.54, 1.807) is 12.2 Å². The van der Waals surface area contributed by atoms with Crippen molar-refractivity contribution in [2.24, 2.45) is 0 Å². The van der Waals surface area contributed by atoms with E-state index >= 15 is 0 Å². The fourth-order valence-electron chi connectivity index (χ4n) is 0.566. The molecule has 0 amide bonds. The lowest BCUT2D eigenvalue weighted by atomic mass is 10.2. The van der Waals surface area contributed by atoms with E-state index in [9.17, 15) is 0 Å². The van der Waals surface area contributed by atoms with Crippen molar-refractivity contribution >= 4 is 28.6 Å². The summed E-state index contributed by atoms with van der Waals surface area (Å²) in [4.78, 5) is 1.82. The van der Waals surface area contributed by atoms with Crippen LogP contribution in [0.3, 0.4) is 0 Å². The van der Waals surface area contributed by atoms with E-state index in [1.807, 2.05) is 4.81 Å². The van der Waals surface area contributed by atoms with Crippen LogP contribution >= 0.6 is 22.9 Å². The average Bonchev–Trinajstić information content (AvgIpc) is 1.87. The van der Waals surface area contributed by atoms with Crippen molar-refractivity contribution in [1.82, 2.24) is 4.81 Å². The lowest BCUT2D eigenvalue weighted by Crippen LogP contribution is -2.31. The summed E-state index contributed by atoms with van der Waals surface area (Å²) in [5.74, 6) is 0. The van der Waals surface area contributed by atoms with Crippen molar-refractivity contribution in [1.29, 1.82) is 0 Å². The van der Waals surface area contributed by atoms with Gasteiger partial charge in [-0.2, -0.15) is 0 Å². The maximum absolute atomic E-state index is 5.60. The maximum Gasteiger partial charge on any atom is 0.435 e. The van der Waals surface area contributed by atoms with Crippen LogP contribution in [0.1, 0.15) is 0 Å². The van der Waals surface area contributed by atoms with Crippen LogP contribution in [-0.4, -0.2) is 23.6 Å². The minimum absolute atomic E-state index is 0.476. The molecule has 0 saturated heterocycles. The topological polar surface area (TPSA) is 3.24 Å². The predicted molar refractivity (Wildman–Crippen MR) is 49.4 cm³/mol. The SMILES string of the molecule is C=CCN(CC=C)B(Cl)Cl. The van der Waals surface area contributed by atoms with E-state index in [4.69, 9.17) is 22.9 Å². The molecule has 0 radical (unpaired) electrons. The van der Waals surface area contributed by atoms with Crippen molar-refractivity contribution < 1.29 is 0 Å². The van der Waals surface area contributed by atoms with Gasteiger partial charge < -0.3 is 4.81 Å². The van der Waals surface area contributed by atoms with E-state index < -0.39 is 5.68 Å². The molecule has 0 aromatic rings. The Hall–Kier alpha value is 0.0849. The number of hydrogen-bond donors (Lipinski definition) is 0. The molecule has 10 heavy (non-hydrogen) atoms. The predicted octanol–water partition coefficient (Wildman–Crippen LogP) is 2.12. The van der Waals surface area contributed by atoms with Crippen LogP contribution in [0.2, 0.25) is 0 Å². The molecule has 0 rings (SSSR count). The molecule has 0 heterocycles. The molecular formula is C6H10BCl2N. The Morgan fingerprint density at radius 3 is 1.80 bits per heavy atom. The second kappa shape index (κ2) is 5.84. The van der Waals surface area contributed by atoms with Gasteiger partial charge in [-0.3, -0.25) is 0 Å². The van der Waals surface area contributed by atoms with Crippen LogP contribution in [0, 0.1) is 0 Å². The number of hydrogen-bond acceptors (Lipinski definition) is 1. The van der Waals surface area contributed by atoms with E-state index in [2.05, 4.69) is 13.2 Å². The molecule has 4 heteroatoms. The fourth-order valence-corrected chi connectivity index (χ4v) is 0.884. The highest BCUT2D eigenvalue weighted by Gasteiger charge is 2.14. The smallest absolute Gasteiger partial charge is 0.308 e. The van der Waals surface area contributed by atoms with Gasteiger partial charge in [0, 0.05) is 13.1 Å². The molecule has 0 unspecified atom stereocenters.